The number of esters is 1. The van der Waals surface area contributed by atoms with Crippen molar-refractivity contribution in [3.8, 4) is 0 Å². The molecule has 98 valence electrons. The molecule has 2 heteroatoms. The summed E-state index contributed by atoms with van der Waals surface area (Å²) in [5, 5.41) is 0. The van der Waals surface area contributed by atoms with Gasteiger partial charge < -0.3 is 4.74 Å². The molecule has 2 unspecified atom stereocenters. The minimum absolute atomic E-state index is 0.0843. The van der Waals surface area contributed by atoms with E-state index in [1.807, 2.05) is 0 Å². The number of hydrogen-bond donors (Lipinski definition) is 0. The van der Waals surface area contributed by atoms with Crippen molar-refractivity contribution in [3.05, 3.63) is 34.9 Å². The second kappa shape index (κ2) is 4.42. The third-order valence-corrected chi connectivity index (χ3v) is 4.27. The predicted molar refractivity (Wildman–Crippen MR) is 72.7 cm³/mol. The van der Waals surface area contributed by atoms with Crippen LogP contribution in [0.1, 0.15) is 49.8 Å². The van der Waals surface area contributed by atoms with Crippen molar-refractivity contribution in [2.24, 2.45) is 5.92 Å². The highest BCUT2D eigenvalue weighted by atomic mass is 16.5. The Morgan fingerprint density at radius 3 is 2.50 bits per heavy atom. The van der Waals surface area contributed by atoms with Crippen molar-refractivity contribution in [2.75, 3.05) is 7.11 Å². The highest BCUT2D eigenvalue weighted by molar-refractivity contribution is 5.88. The predicted octanol–water partition coefficient (Wildman–Crippen LogP) is 3.57. The average molecular weight is 246 g/mol. The monoisotopic (exact) mass is 246 g/mol. The van der Waals surface area contributed by atoms with Crippen molar-refractivity contribution in [2.45, 2.75) is 45.4 Å². The van der Waals surface area contributed by atoms with Gasteiger partial charge in [0.2, 0.25) is 0 Å². The highest BCUT2D eigenvalue weighted by Gasteiger charge is 2.60. The summed E-state index contributed by atoms with van der Waals surface area (Å²) in [5.41, 5.74) is 3.25. The van der Waals surface area contributed by atoms with E-state index < -0.39 is 0 Å². The maximum atomic E-state index is 12.1. The van der Waals surface area contributed by atoms with Crippen LogP contribution in [0.2, 0.25) is 0 Å². The van der Waals surface area contributed by atoms with E-state index in [-0.39, 0.29) is 11.4 Å². The number of rotatable bonds is 3. The number of ether oxygens (including phenoxy) is 1. The average Bonchev–Trinajstić information content (AvgIpc) is 3.01. The molecule has 0 aliphatic heterocycles. The van der Waals surface area contributed by atoms with E-state index in [0.29, 0.717) is 11.8 Å². The zero-order chi connectivity index (χ0) is 13.5. The second-order valence-corrected chi connectivity index (χ2v) is 5.80. The van der Waals surface area contributed by atoms with Crippen molar-refractivity contribution >= 4 is 5.97 Å². The Hall–Kier alpha value is -1.31. The first-order valence-electron chi connectivity index (χ1n) is 6.63. The molecule has 1 aromatic rings. The van der Waals surface area contributed by atoms with Crippen LogP contribution in [0.5, 0.6) is 0 Å². The van der Waals surface area contributed by atoms with E-state index in [0.717, 1.165) is 12.0 Å². The van der Waals surface area contributed by atoms with Crippen LogP contribution < -0.4 is 0 Å². The molecule has 0 spiro atoms. The third kappa shape index (κ3) is 1.84. The maximum Gasteiger partial charge on any atom is 0.316 e. The lowest BCUT2D eigenvalue weighted by Gasteiger charge is -2.19. The fraction of sp³-hybridized carbons (Fsp3) is 0.562. The summed E-state index contributed by atoms with van der Waals surface area (Å²) in [7, 11) is 1.48. The third-order valence-electron chi connectivity index (χ3n) is 4.27. The molecule has 1 fully saturated rings. The lowest BCUT2D eigenvalue weighted by atomic mass is 9.86. The molecule has 1 saturated carbocycles. The summed E-state index contributed by atoms with van der Waals surface area (Å²) in [6, 6.07) is 6.47. The number of benzene rings is 1. The Labute approximate surface area is 109 Å². The fourth-order valence-corrected chi connectivity index (χ4v) is 2.86. The molecular weight excluding hydrogens is 224 g/mol. The van der Waals surface area contributed by atoms with E-state index in [2.05, 4.69) is 45.9 Å². The van der Waals surface area contributed by atoms with E-state index in [1.54, 1.807) is 0 Å². The van der Waals surface area contributed by atoms with E-state index >= 15 is 0 Å². The van der Waals surface area contributed by atoms with Gasteiger partial charge in [-0.05, 0) is 41.9 Å². The largest absolute Gasteiger partial charge is 0.468 e. The number of methoxy groups -OCH3 is 1. The van der Waals surface area contributed by atoms with Crippen LogP contribution in [0.3, 0.4) is 0 Å². The molecule has 0 heterocycles. The Bertz CT molecular complexity index is 476. The van der Waals surface area contributed by atoms with Gasteiger partial charge in [0.15, 0.2) is 0 Å². The molecule has 18 heavy (non-hydrogen) atoms. The Morgan fingerprint density at radius 2 is 2.06 bits per heavy atom. The first-order chi connectivity index (χ1) is 8.43. The fourth-order valence-electron chi connectivity index (χ4n) is 2.86. The molecule has 2 atom stereocenters. The topological polar surface area (TPSA) is 26.3 Å². The van der Waals surface area contributed by atoms with Gasteiger partial charge in [-0.25, -0.2) is 0 Å². The first-order valence-corrected chi connectivity index (χ1v) is 6.63. The zero-order valence-corrected chi connectivity index (χ0v) is 11.9. The quantitative estimate of drug-likeness (QED) is 0.762. The van der Waals surface area contributed by atoms with Gasteiger partial charge in [-0.1, -0.05) is 39.0 Å². The molecule has 0 bridgehead atoms. The van der Waals surface area contributed by atoms with Gasteiger partial charge in [-0.2, -0.15) is 0 Å². The molecule has 1 aromatic carbocycles. The second-order valence-electron chi connectivity index (χ2n) is 5.80. The van der Waals surface area contributed by atoms with Crippen LogP contribution in [0, 0.1) is 12.8 Å². The normalized spacial score (nSPS) is 26.2. The SMILES string of the molecule is COC(=O)C1(c2cc(C(C)C)ccc2C)CC1C. The number of carbonyl (C=O) groups is 1. The molecule has 2 nitrogen and oxygen atoms in total. The van der Waals surface area contributed by atoms with Crippen molar-refractivity contribution in [1.29, 1.82) is 0 Å². The lowest BCUT2D eigenvalue weighted by Crippen LogP contribution is -2.25. The summed E-state index contributed by atoms with van der Waals surface area (Å²) in [5.74, 6) is 0.776. The maximum absolute atomic E-state index is 12.1. The lowest BCUT2D eigenvalue weighted by molar-refractivity contribution is -0.144. The van der Waals surface area contributed by atoms with Crippen LogP contribution in [-0.4, -0.2) is 13.1 Å². The minimum atomic E-state index is -0.385. The highest BCUT2D eigenvalue weighted by Crippen LogP contribution is 2.56. The van der Waals surface area contributed by atoms with Crippen molar-refractivity contribution in [1.82, 2.24) is 0 Å². The summed E-state index contributed by atoms with van der Waals surface area (Å²) in [6.45, 7) is 8.55. The van der Waals surface area contributed by atoms with Gasteiger partial charge in [0.1, 0.15) is 0 Å². The Balaban J connectivity index is 2.50. The van der Waals surface area contributed by atoms with Gasteiger partial charge in [0.05, 0.1) is 12.5 Å². The number of aryl methyl sites for hydroxylation is 1. The summed E-state index contributed by atoms with van der Waals surface area (Å²) < 4.78 is 5.02. The molecule has 0 saturated heterocycles. The van der Waals surface area contributed by atoms with E-state index in [4.69, 9.17) is 4.74 Å². The standard InChI is InChI=1S/C16H22O2/c1-10(2)13-7-6-11(3)14(8-13)16(9-12(16)4)15(17)18-5/h6-8,10,12H,9H2,1-5H3. The van der Waals surface area contributed by atoms with Crippen LogP contribution in [0.4, 0.5) is 0 Å². The first kappa shape index (κ1) is 13.1. The van der Waals surface area contributed by atoms with Gasteiger partial charge in [-0.3, -0.25) is 4.79 Å². The van der Waals surface area contributed by atoms with Gasteiger partial charge >= 0.3 is 5.97 Å². The van der Waals surface area contributed by atoms with Gasteiger partial charge in [0, 0.05) is 0 Å². The van der Waals surface area contributed by atoms with Crippen molar-refractivity contribution < 1.29 is 9.53 Å². The van der Waals surface area contributed by atoms with E-state index in [1.165, 1.54) is 18.2 Å². The summed E-state index contributed by atoms with van der Waals surface area (Å²) in [6.07, 6.45) is 0.905. The molecule has 0 radical (unpaired) electrons. The number of carbonyl (C=O) groups excluding carboxylic acids is 1. The molecule has 0 N–H and O–H groups in total. The summed E-state index contributed by atoms with van der Waals surface area (Å²) >= 11 is 0. The summed E-state index contributed by atoms with van der Waals surface area (Å²) in [4.78, 5) is 12.1. The van der Waals surface area contributed by atoms with Crippen LogP contribution in [0.15, 0.2) is 18.2 Å². The van der Waals surface area contributed by atoms with Crippen LogP contribution in [-0.2, 0) is 14.9 Å². The molecule has 2 rings (SSSR count). The van der Waals surface area contributed by atoms with E-state index in [9.17, 15) is 4.79 Å². The Morgan fingerprint density at radius 1 is 1.44 bits per heavy atom. The minimum Gasteiger partial charge on any atom is -0.468 e. The zero-order valence-electron chi connectivity index (χ0n) is 11.9. The molecular formula is C16H22O2. The van der Waals surface area contributed by atoms with Crippen molar-refractivity contribution in [3.63, 3.8) is 0 Å². The van der Waals surface area contributed by atoms with Gasteiger partial charge in [-0.15, -0.1) is 0 Å². The molecule has 0 aromatic heterocycles. The number of hydrogen-bond acceptors (Lipinski definition) is 2. The van der Waals surface area contributed by atoms with Crippen LogP contribution in [0.25, 0.3) is 0 Å². The molecule has 1 aliphatic rings. The van der Waals surface area contributed by atoms with Crippen LogP contribution >= 0.6 is 0 Å². The molecule has 1 aliphatic carbocycles. The smallest absolute Gasteiger partial charge is 0.316 e. The Kier molecular flexibility index (Phi) is 3.22. The van der Waals surface area contributed by atoms with Gasteiger partial charge in [0.25, 0.3) is 0 Å². The molecule has 0 amide bonds.